The first-order valence-electron chi connectivity index (χ1n) is 4.86. The third-order valence-corrected chi connectivity index (χ3v) is 2.42. The molecule has 0 amide bonds. The molecule has 0 aromatic carbocycles. The van der Waals surface area contributed by atoms with Crippen molar-refractivity contribution in [1.82, 2.24) is 4.98 Å². The number of rotatable bonds is 5. The van der Waals surface area contributed by atoms with E-state index in [1.54, 1.807) is 0 Å². The Bertz CT molecular complexity index is 241. The average molecular weight is 180 g/mol. The van der Waals surface area contributed by atoms with Gasteiger partial charge >= 0.3 is 0 Å². The van der Waals surface area contributed by atoms with Gasteiger partial charge in [0, 0.05) is 18.9 Å². The van der Waals surface area contributed by atoms with Crippen LogP contribution < -0.4 is 5.73 Å². The van der Waals surface area contributed by atoms with E-state index in [1.807, 2.05) is 12.4 Å². The summed E-state index contributed by atoms with van der Waals surface area (Å²) in [6.07, 6.45) is 6.81. The lowest BCUT2D eigenvalue weighted by atomic mass is 10.1. The van der Waals surface area contributed by atoms with Crippen molar-refractivity contribution in [2.45, 2.75) is 18.9 Å². The molecule has 1 aliphatic carbocycles. The lowest BCUT2D eigenvalue weighted by Crippen LogP contribution is -2.13. The second kappa shape index (κ2) is 3.94. The number of nitrogens with one attached hydrogen (secondary N) is 1. The van der Waals surface area contributed by atoms with Gasteiger partial charge in [-0.1, -0.05) is 0 Å². The van der Waals surface area contributed by atoms with Crippen LogP contribution >= 0.6 is 0 Å². The van der Waals surface area contributed by atoms with Crippen LogP contribution in [0.25, 0.3) is 0 Å². The van der Waals surface area contributed by atoms with Crippen LogP contribution in [0.3, 0.4) is 0 Å². The average Bonchev–Trinajstić information content (AvgIpc) is 2.82. The Morgan fingerprint density at radius 1 is 1.62 bits per heavy atom. The lowest BCUT2D eigenvalue weighted by molar-refractivity contribution is 0.0425. The third kappa shape index (κ3) is 2.11. The molecule has 0 aliphatic heterocycles. The van der Waals surface area contributed by atoms with Crippen LogP contribution in [0.5, 0.6) is 0 Å². The first kappa shape index (κ1) is 8.78. The molecule has 1 saturated carbocycles. The minimum atomic E-state index is 0.273. The van der Waals surface area contributed by atoms with E-state index in [4.69, 9.17) is 10.5 Å². The summed E-state index contributed by atoms with van der Waals surface area (Å²) in [5, 5.41) is 0. The fourth-order valence-electron chi connectivity index (χ4n) is 1.61. The summed E-state index contributed by atoms with van der Waals surface area (Å²) in [7, 11) is 0. The highest BCUT2D eigenvalue weighted by Gasteiger charge is 2.33. The maximum atomic E-state index is 5.71. The fraction of sp³-hybridized carbons (Fsp3) is 0.600. The Labute approximate surface area is 78.3 Å². The van der Waals surface area contributed by atoms with E-state index in [9.17, 15) is 0 Å². The molecule has 0 bridgehead atoms. The predicted molar refractivity (Wildman–Crippen MR) is 51.3 cm³/mol. The van der Waals surface area contributed by atoms with Crippen molar-refractivity contribution < 1.29 is 4.74 Å². The highest BCUT2D eigenvalue weighted by atomic mass is 16.5. The molecule has 1 aromatic rings. The molecule has 0 spiro atoms. The van der Waals surface area contributed by atoms with Crippen molar-refractivity contribution >= 4 is 0 Å². The number of aromatic nitrogens is 1. The van der Waals surface area contributed by atoms with Crippen LogP contribution in [0.2, 0.25) is 0 Å². The monoisotopic (exact) mass is 180 g/mol. The lowest BCUT2D eigenvalue weighted by Gasteiger charge is -2.15. The van der Waals surface area contributed by atoms with Gasteiger partial charge in [-0.15, -0.1) is 0 Å². The van der Waals surface area contributed by atoms with Gasteiger partial charge in [0.05, 0.1) is 12.7 Å². The molecule has 1 unspecified atom stereocenters. The Balaban J connectivity index is 1.97. The van der Waals surface area contributed by atoms with Crippen molar-refractivity contribution in [2.75, 3.05) is 13.2 Å². The second-order valence-electron chi connectivity index (χ2n) is 3.56. The van der Waals surface area contributed by atoms with E-state index in [2.05, 4.69) is 11.1 Å². The molecule has 1 fully saturated rings. The molecule has 13 heavy (non-hydrogen) atoms. The van der Waals surface area contributed by atoms with E-state index in [1.165, 1.54) is 18.4 Å². The molecule has 3 nitrogen and oxygen atoms in total. The van der Waals surface area contributed by atoms with Crippen molar-refractivity contribution in [3.05, 3.63) is 24.0 Å². The number of H-pyrrole nitrogens is 1. The van der Waals surface area contributed by atoms with Crippen LogP contribution in [0.4, 0.5) is 0 Å². The molecule has 0 radical (unpaired) electrons. The molecule has 2 rings (SSSR count). The second-order valence-corrected chi connectivity index (χ2v) is 3.56. The Hall–Kier alpha value is -0.800. The molecule has 3 heteroatoms. The summed E-state index contributed by atoms with van der Waals surface area (Å²) in [6, 6.07) is 2.08. The largest absolute Gasteiger partial charge is 0.372 e. The van der Waals surface area contributed by atoms with E-state index in [0.29, 0.717) is 13.2 Å². The quantitative estimate of drug-likeness (QED) is 0.720. The van der Waals surface area contributed by atoms with Gasteiger partial charge in [0.15, 0.2) is 0 Å². The summed E-state index contributed by atoms with van der Waals surface area (Å²) in [5.41, 5.74) is 6.68. The molecule has 0 saturated heterocycles. The van der Waals surface area contributed by atoms with Crippen molar-refractivity contribution in [2.24, 2.45) is 11.7 Å². The third-order valence-electron chi connectivity index (χ3n) is 2.42. The Morgan fingerprint density at radius 2 is 2.46 bits per heavy atom. The van der Waals surface area contributed by atoms with E-state index in [-0.39, 0.29) is 6.10 Å². The fourth-order valence-corrected chi connectivity index (χ4v) is 1.61. The highest BCUT2D eigenvalue weighted by molar-refractivity contribution is 5.15. The highest BCUT2D eigenvalue weighted by Crippen LogP contribution is 2.43. The zero-order valence-corrected chi connectivity index (χ0v) is 7.70. The minimum Gasteiger partial charge on any atom is -0.372 e. The molecule has 72 valence electrons. The standard InChI is InChI=1S/C10H16N2O/c11-4-6-13-10(8-1-2-8)9-3-5-12-7-9/h3,5,7-8,10,12H,1-2,4,6,11H2. The molecular weight excluding hydrogens is 164 g/mol. The normalized spacial score (nSPS) is 18.8. The van der Waals surface area contributed by atoms with E-state index in [0.717, 1.165) is 5.92 Å². The maximum Gasteiger partial charge on any atom is 0.0868 e. The first-order chi connectivity index (χ1) is 6.42. The molecule has 1 atom stereocenters. The topological polar surface area (TPSA) is 51.0 Å². The molecule has 1 heterocycles. The molecular formula is C10H16N2O. The van der Waals surface area contributed by atoms with E-state index < -0.39 is 0 Å². The van der Waals surface area contributed by atoms with Gasteiger partial charge in [0.25, 0.3) is 0 Å². The zero-order valence-electron chi connectivity index (χ0n) is 7.70. The summed E-state index contributed by atoms with van der Waals surface area (Å²) in [6.45, 7) is 1.26. The van der Waals surface area contributed by atoms with Gasteiger partial charge in [-0.3, -0.25) is 0 Å². The first-order valence-corrected chi connectivity index (χ1v) is 4.86. The Kier molecular flexibility index (Phi) is 2.66. The summed E-state index contributed by atoms with van der Waals surface area (Å²) >= 11 is 0. The number of ether oxygens (including phenoxy) is 1. The predicted octanol–water partition coefficient (Wildman–Crippen LogP) is 1.44. The van der Waals surface area contributed by atoms with Crippen molar-refractivity contribution in [3.8, 4) is 0 Å². The molecule has 3 N–H and O–H groups in total. The van der Waals surface area contributed by atoms with Gasteiger partial charge in [-0.2, -0.15) is 0 Å². The van der Waals surface area contributed by atoms with Crippen molar-refractivity contribution in [1.29, 1.82) is 0 Å². The van der Waals surface area contributed by atoms with Crippen LogP contribution in [0.15, 0.2) is 18.5 Å². The van der Waals surface area contributed by atoms with Crippen LogP contribution in [-0.4, -0.2) is 18.1 Å². The van der Waals surface area contributed by atoms with E-state index >= 15 is 0 Å². The molecule has 1 aliphatic rings. The van der Waals surface area contributed by atoms with Crippen LogP contribution in [0, 0.1) is 5.92 Å². The van der Waals surface area contributed by atoms with Gasteiger partial charge < -0.3 is 15.5 Å². The van der Waals surface area contributed by atoms with Crippen molar-refractivity contribution in [3.63, 3.8) is 0 Å². The number of hydrogen-bond donors (Lipinski definition) is 2. The van der Waals surface area contributed by atoms with Gasteiger partial charge in [0.1, 0.15) is 0 Å². The van der Waals surface area contributed by atoms with Gasteiger partial charge in [-0.05, 0) is 30.4 Å². The number of hydrogen-bond acceptors (Lipinski definition) is 2. The van der Waals surface area contributed by atoms with Crippen LogP contribution in [0.1, 0.15) is 24.5 Å². The Morgan fingerprint density at radius 3 is 3.00 bits per heavy atom. The minimum absolute atomic E-state index is 0.273. The molecule has 1 aromatic heterocycles. The van der Waals surface area contributed by atoms with Gasteiger partial charge in [-0.25, -0.2) is 0 Å². The van der Waals surface area contributed by atoms with Gasteiger partial charge in [0.2, 0.25) is 0 Å². The summed E-state index contributed by atoms with van der Waals surface area (Å²) < 4.78 is 5.71. The summed E-state index contributed by atoms with van der Waals surface area (Å²) in [5.74, 6) is 0.724. The zero-order chi connectivity index (χ0) is 9.10. The number of nitrogens with two attached hydrogens (primary N) is 1. The maximum absolute atomic E-state index is 5.71. The van der Waals surface area contributed by atoms with Crippen LogP contribution in [-0.2, 0) is 4.74 Å². The SMILES string of the molecule is NCCOC(c1cc[nH]c1)C1CC1. The summed E-state index contributed by atoms with van der Waals surface area (Å²) in [4.78, 5) is 3.06. The smallest absolute Gasteiger partial charge is 0.0868 e. The number of aromatic amines is 1.